The van der Waals surface area contributed by atoms with Gasteiger partial charge in [-0.3, -0.25) is 4.79 Å². The van der Waals surface area contributed by atoms with E-state index in [4.69, 9.17) is 16.3 Å². The monoisotopic (exact) mass is 443 g/mol. The molecule has 0 saturated carbocycles. The first-order chi connectivity index (χ1) is 11.0. The smallest absolute Gasteiger partial charge is 0.338 e. The highest BCUT2D eigenvalue weighted by molar-refractivity contribution is 14.1. The van der Waals surface area contributed by atoms with Gasteiger partial charge in [0.05, 0.1) is 5.56 Å². The van der Waals surface area contributed by atoms with Gasteiger partial charge in [0.1, 0.15) is 0 Å². The van der Waals surface area contributed by atoms with Crippen LogP contribution in [0.2, 0.25) is 5.02 Å². The molecule has 1 N–H and O–H groups in total. The fraction of sp³-hybridized carbons (Fsp3) is 0.176. The van der Waals surface area contributed by atoms with Crippen molar-refractivity contribution in [2.45, 2.75) is 19.6 Å². The Morgan fingerprint density at radius 1 is 1.22 bits per heavy atom. The molecular formula is C17H15ClINO3. The number of halogens is 2. The number of hydrogen-bond acceptors (Lipinski definition) is 3. The van der Waals surface area contributed by atoms with Crippen LogP contribution in [0.5, 0.6) is 0 Å². The van der Waals surface area contributed by atoms with Gasteiger partial charge in [0.15, 0.2) is 6.10 Å². The van der Waals surface area contributed by atoms with Crippen molar-refractivity contribution >= 4 is 46.1 Å². The Hall–Kier alpha value is -1.60. The van der Waals surface area contributed by atoms with Crippen molar-refractivity contribution in [1.29, 1.82) is 0 Å². The number of carbonyl (C=O) groups excluding carboxylic acids is 2. The normalized spacial score (nSPS) is 11.6. The molecular weight excluding hydrogens is 429 g/mol. The molecule has 2 aromatic rings. The Balaban J connectivity index is 1.90. The lowest BCUT2D eigenvalue weighted by Crippen LogP contribution is -2.35. The molecule has 6 heteroatoms. The largest absolute Gasteiger partial charge is 0.449 e. The maximum atomic E-state index is 12.0. The summed E-state index contributed by atoms with van der Waals surface area (Å²) in [4.78, 5) is 24.0. The zero-order valence-corrected chi connectivity index (χ0v) is 15.3. The van der Waals surface area contributed by atoms with E-state index in [-0.39, 0.29) is 12.5 Å². The third kappa shape index (κ3) is 5.21. The molecule has 0 fully saturated rings. The van der Waals surface area contributed by atoms with Crippen LogP contribution in [0, 0.1) is 3.57 Å². The molecule has 0 heterocycles. The highest BCUT2D eigenvalue weighted by atomic mass is 127. The minimum atomic E-state index is -0.886. The SMILES string of the molecule is CC(OC(=O)c1cccc(I)c1)C(=O)NCc1ccccc1Cl. The van der Waals surface area contributed by atoms with E-state index in [9.17, 15) is 9.59 Å². The first-order valence-electron chi connectivity index (χ1n) is 6.95. The van der Waals surface area contributed by atoms with Crippen molar-refractivity contribution in [3.8, 4) is 0 Å². The van der Waals surface area contributed by atoms with Crippen molar-refractivity contribution in [2.24, 2.45) is 0 Å². The van der Waals surface area contributed by atoms with Crippen LogP contribution in [0.4, 0.5) is 0 Å². The van der Waals surface area contributed by atoms with Gasteiger partial charge in [-0.1, -0.05) is 35.9 Å². The molecule has 0 spiro atoms. The summed E-state index contributed by atoms with van der Waals surface area (Å²) < 4.78 is 6.11. The number of carbonyl (C=O) groups is 2. The fourth-order valence-corrected chi connectivity index (χ4v) is 2.61. The molecule has 1 atom stereocenters. The fourth-order valence-electron chi connectivity index (χ4n) is 1.87. The Kier molecular flexibility index (Phi) is 6.41. The van der Waals surface area contributed by atoms with Crippen LogP contribution in [0.1, 0.15) is 22.8 Å². The zero-order valence-electron chi connectivity index (χ0n) is 12.4. The number of nitrogens with one attached hydrogen (secondary N) is 1. The van der Waals surface area contributed by atoms with E-state index in [1.807, 2.05) is 24.3 Å². The first kappa shape index (κ1) is 17.7. The van der Waals surface area contributed by atoms with Crippen LogP contribution in [0.15, 0.2) is 48.5 Å². The molecule has 4 nitrogen and oxygen atoms in total. The number of benzene rings is 2. The summed E-state index contributed by atoms with van der Waals surface area (Å²) in [6.45, 7) is 1.82. The molecule has 0 aliphatic rings. The summed E-state index contributed by atoms with van der Waals surface area (Å²) in [7, 11) is 0. The Morgan fingerprint density at radius 3 is 2.65 bits per heavy atom. The molecule has 0 aliphatic carbocycles. The minimum absolute atomic E-state index is 0.281. The van der Waals surface area contributed by atoms with E-state index >= 15 is 0 Å². The van der Waals surface area contributed by atoms with E-state index in [2.05, 4.69) is 27.9 Å². The molecule has 120 valence electrons. The molecule has 0 aromatic heterocycles. The first-order valence-corrected chi connectivity index (χ1v) is 8.40. The highest BCUT2D eigenvalue weighted by Crippen LogP contribution is 2.14. The molecule has 0 radical (unpaired) electrons. The number of rotatable bonds is 5. The van der Waals surface area contributed by atoms with Crippen molar-refractivity contribution in [3.63, 3.8) is 0 Å². The predicted molar refractivity (Wildman–Crippen MR) is 97.3 cm³/mol. The Morgan fingerprint density at radius 2 is 1.96 bits per heavy atom. The van der Waals surface area contributed by atoms with E-state index in [1.165, 1.54) is 6.92 Å². The topological polar surface area (TPSA) is 55.4 Å². The van der Waals surface area contributed by atoms with Crippen LogP contribution < -0.4 is 5.32 Å². The van der Waals surface area contributed by atoms with E-state index in [1.54, 1.807) is 24.3 Å². The molecule has 0 bridgehead atoms. The van der Waals surface area contributed by atoms with Crippen molar-refractivity contribution in [1.82, 2.24) is 5.32 Å². The van der Waals surface area contributed by atoms with Crippen LogP contribution in [-0.4, -0.2) is 18.0 Å². The van der Waals surface area contributed by atoms with Gasteiger partial charge in [-0.2, -0.15) is 0 Å². The van der Waals surface area contributed by atoms with Crippen molar-refractivity contribution < 1.29 is 14.3 Å². The average molecular weight is 444 g/mol. The summed E-state index contributed by atoms with van der Waals surface area (Å²) in [5.41, 5.74) is 1.22. The number of hydrogen-bond donors (Lipinski definition) is 1. The maximum Gasteiger partial charge on any atom is 0.338 e. The second-order valence-electron chi connectivity index (χ2n) is 4.87. The van der Waals surface area contributed by atoms with E-state index in [0.29, 0.717) is 10.6 Å². The minimum Gasteiger partial charge on any atom is -0.449 e. The quantitative estimate of drug-likeness (QED) is 0.565. The second-order valence-corrected chi connectivity index (χ2v) is 6.52. The molecule has 0 aliphatic heterocycles. The summed E-state index contributed by atoms with van der Waals surface area (Å²) in [5, 5.41) is 3.29. The highest BCUT2D eigenvalue weighted by Gasteiger charge is 2.19. The third-order valence-electron chi connectivity index (χ3n) is 3.12. The van der Waals surface area contributed by atoms with Gasteiger partial charge in [-0.25, -0.2) is 4.79 Å². The standard InChI is InChI=1S/C17H15ClINO3/c1-11(23-17(22)12-6-4-7-14(19)9-12)16(21)20-10-13-5-2-3-8-15(13)18/h2-9,11H,10H2,1H3,(H,20,21). The van der Waals surface area contributed by atoms with E-state index < -0.39 is 12.1 Å². The van der Waals surface area contributed by atoms with Crippen LogP contribution in [0.25, 0.3) is 0 Å². The van der Waals surface area contributed by atoms with Crippen LogP contribution >= 0.6 is 34.2 Å². The van der Waals surface area contributed by atoms with Crippen LogP contribution in [-0.2, 0) is 16.1 Å². The van der Waals surface area contributed by atoms with Gasteiger partial charge in [0.25, 0.3) is 5.91 Å². The predicted octanol–water partition coefficient (Wildman–Crippen LogP) is 3.81. The van der Waals surface area contributed by atoms with Crippen LogP contribution in [0.3, 0.4) is 0 Å². The number of amides is 1. The van der Waals surface area contributed by atoms with Gasteiger partial charge >= 0.3 is 5.97 Å². The molecule has 0 saturated heterocycles. The summed E-state index contributed by atoms with van der Waals surface area (Å²) >= 11 is 8.14. The lowest BCUT2D eigenvalue weighted by molar-refractivity contribution is -0.129. The lowest BCUT2D eigenvalue weighted by atomic mass is 10.2. The summed E-state index contributed by atoms with van der Waals surface area (Å²) in [5.74, 6) is -0.896. The van der Waals surface area contributed by atoms with Gasteiger partial charge in [-0.15, -0.1) is 0 Å². The third-order valence-corrected chi connectivity index (χ3v) is 4.16. The van der Waals surface area contributed by atoms with E-state index in [0.717, 1.165) is 9.13 Å². The Labute approximate surface area is 153 Å². The maximum absolute atomic E-state index is 12.0. The van der Waals surface area contributed by atoms with Gasteiger partial charge < -0.3 is 10.1 Å². The Bertz CT molecular complexity index is 720. The molecule has 2 aromatic carbocycles. The van der Waals surface area contributed by atoms with Crippen molar-refractivity contribution in [3.05, 3.63) is 68.3 Å². The lowest BCUT2D eigenvalue weighted by Gasteiger charge is -2.14. The second kappa shape index (κ2) is 8.31. The summed E-state index contributed by atoms with van der Waals surface area (Å²) in [6, 6.07) is 14.2. The number of esters is 1. The molecule has 2 rings (SSSR count). The zero-order chi connectivity index (χ0) is 16.8. The van der Waals surface area contributed by atoms with Crippen molar-refractivity contribution in [2.75, 3.05) is 0 Å². The van der Waals surface area contributed by atoms with Gasteiger partial charge in [0.2, 0.25) is 0 Å². The summed E-state index contributed by atoms with van der Waals surface area (Å²) in [6.07, 6.45) is -0.886. The van der Waals surface area contributed by atoms with Gasteiger partial charge in [0, 0.05) is 15.1 Å². The average Bonchev–Trinajstić information content (AvgIpc) is 2.53. The van der Waals surface area contributed by atoms with Gasteiger partial charge in [-0.05, 0) is 59.3 Å². The molecule has 1 unspecified atom stereocenters. The molecule has 1 amide bonds. The molecule has 23 heavy (non-hydrogen) atoms. The number of ether oxygens (including phenoxy) is 1.